The summed E-state index contributed by atoms with van der Waals surface area (Å²) in [5, 5.41) is 3.21. The van der Waals surface area contributed by atoms with Crippen molar-refractivity contribution in [2.45, 2.75) is 31.3 Å². The number of carbonyl (C=O) groups is 1. The predicted octanol–water partition coefficient (Wildman–Crippen LogP) is 3.17. The highest BCUT2D eigenvalue weighted by Crippen LogP contribution is 2.30. The van der Waals surface area contributed by atoms with E-state index in [0.29, 0.717) is 22.4 Å². The Bertz CT molecular complexity index is 435. The number of benzene rings is 1. The Balaban J connectivity index is 2.74. The lowest BCUT2D eigenvalue weighted by atomic mass is 10.2. The average Bonchev–Trinajstić information content (AvgIpc) is 2.37. The number of ether oxygens (including phenoxy) is 2. The maximum Gasteiger partial charge on any atom is 0.237 e. The van der Waals surface area contributed by atoms with Gasteiger partial charge in [-0.05, 0) is 24.3 Å². The van der Waals surface area contributed by atoms with E-state index in [1.54, 1.807) is 44.2 Å². The van der Waals surface area contributed by atoms with Crippen LogP contribution in [-0.4, -0.2) is 30.6 Å². The van der Waals surface area contributed by atoms with Gasteiger partial charge in [-0.25, -0.2) is 0 Å². The normalized spacial score (nSPS) is 12.1. The number of carbonyl (C=O) groups excluding carboxylic acids is 1. The third-order valence-corrected chi connectivity index (χ3v) is 3.66. The second-order valence-electron chi connectivity index (χ2n) is 4.39. The quantitative estimate of drug-likeness (QED) is 0.871. The molecule has 19 heavy (non-hydrogen) atoms. The van der Waals surface area contributed by atoms with Gasteiger partial charge in [-0.2, -0.15) is 0 Å². The van der Waals surface area contributed by atoms with E-state index in [1.165, 1.54) is 0 Å². The fourth-order valence-corrected chi connectivity index (χ4v) is 2.63. The third-order valence-electron chi connectivity index (χ3n) is 2.50. The average molecular weight is 283 g/mol. The monoisotopic (exact) mass is 283 g/mol. The minimum absolute atomic E-state index is 0.00841. The standard InChI is InChI=1S/C14H21NO3S/c1-9(2)19-10(3)14(16)15-11-6-7-12(17-4)13(8-11)18-5/h6-10H,1-5H3,(H,15,16). The van der Waals surface area contributed by atoms with Crippen molar-refractivity contribution in [3.8, 4) is 11.5 Å². The Labute approximate surface area is 118 Å². The van der Waals surface area contributed by atoms with Crippen LogP contribution in [0, 0.1) is 0 Å². The zero-order valence-electron chi connectivity index (χ0n) is 12.0. The van der Waals surface area contributed by atoms with Crippen LogP contribution in [0.25, 0.3) is 0 Å². The molecule has 0 radical (unpaired) electrons. The second-order valence-corrected chi connectivity index (χ2v) is 6.31. The van der Waals surface area contributed by atoms with Crippen molar-refractivity contribution >= 4 is 23.4 Å². The molecular weight excluding hydrogens is 262 g/mol. The van der Waals surface area contributed by atoms with Crippen LogP contribution in [0.5, 0.6) is 11.5 Å². The zero-order chi connectivity index (χ0) is 14.4. The molecule has 0 saturated heterocycles. The van der Waals surface area contributed by atoms with Crippen molar-refractivity contribution < 1.29 is 14.3 Å². The molecule has 1 aromatic rings. The summed E-state index contributed by atoms with van der Waals surface area (Å²) in [6.45, 7) is 6.05. The van der Waals surface area contributed by atoms with Crippen LogP contribution in [0.3, 0.4) is 0 Å². The first-order valence-corrected chi connectivity index (χ1v) is 7.10. The van der Waals surface area contributed by atoms with Crippen LogP contribution in [0.1, 0.15) is 20.8 Å². The van der Waals surface area contributed by atoms with Gasteiger partial charge in [0, 0.05) is 11.8 Å². The van der Waals surface area contributed by atoms with Gasteiger partial charge < -0.3 is 14.8 Å². The summed E-state index contributed by atoms with van der Waals surface area (Å²) in [6.07, 6.45) is 0. The smallest absolute Gasteiger partial charge is 0.237 e. The molecule has 106 valence electrons. The summed E-state index contributed by atoms with van der Waals surface area (Å²) in [5.74, 6) is 1.24. The molecule has 0 aliphatic rings. The number of methoxy groups -OCH3 is 2. The van der Waals surface area contributed by atoms with Crippen LogP contribution in [0.4, 0.5) is 5.69 Å². The van der Waals surface area contributed by atoms with Crippen LogP contribution in [0.15, 0.2) is 18.2 Å². The number of hydrogen-bond acceptors (Lipinski definition) is 4. The highest BCUT2D eigenvalue weighted by molar-refractivity contribution is 8.01. The van der Waals surface area contributed by atoms with Gasteiger partial charge in [0.05, 0.1) is 19.5 Å². The van der Waals surface area contributed by atoms with Crippen molar-refractivity contribution in [3.05, 3.63) is 18.2 Å². The fraction of sp³-hybridized carbons (Fsp3) is 0.500. The fourth-order valence-electron chi connectivity index (χ4n) is 1.63. The first-order valence-electron chi connectivity index (χ1n) is 6.16. The number of rotatable bonds is 6. The lowest BCUT2D eigenvalue weighted by Gasteiger charge is -2.15. The minimum atomic E-state index is -0.0897. The van der Waals surface area contributed by atoms with Gasteiger partial charge in [0.2, 0.25) is 5.91 Å². The van der Waals surface area contributed by atoms with Crippen LogP contribution < -0.4 is 14.8 Å². The Morgan fingerprint density at radius 2 is 1.79 bits per heavy atom. The molecule has 0 heterocycles. The molecule has 5 heteroatoms. The first kappa shape index (κ1) is 15.7. The Morgan fingerprint density at radius 3 is 2.32 bits per heavy atom. The summed E-state index contributed by atoms with van der Waals surface area (Å²) >= 11 is 1.63. The molecule has 0 bridgehead atoms. The number of anilines is 1. The predicted molar refractivity (Wildman–Crippen MR) is 80.4 cm³/mol. The Morgan fingerprint density at radius 1 is 1.16 bits per heavy atom. The topological polar surface area (TPSA) is 47.6 Å². The van der Waals surface area contributed by atoms with Gasteiger partial charge in [-0.3, -0.25) is 4.79 Å². The number of nitrogens with one attached hydrogen (secondary N) is 1. The summed E-state index contributed by atoms with van der Waals surface area (Å²) in [4.78, 5) is 12.0. The van der Waals surface area contributed by atoms with E-state index in [1.807, 2.05) is 6.92 Å². The van der Waals surface area contributed by atoms with E-state index >= 15 is 0 Å². The van der Waals surface area contributed by atoms with Gasteiger partial charge >= 0.3 is 0 Å². The second kappa shape index (κ2) is 7.28. The van der Waals surface area contributed by atoms with E-state index in [2.05, 4.69) is 19.2 Å². The molecule has 1 atom stereocenters. The van der Waals surface area contributed by atoms with E-state index in [9.17, 15) is 4.79 Å². The van der Waals surface area contributed by atoms with Crippen molar-refractivity contribution in [1.82, 2.24) is 0 Å². The van der Waals surface area contributed by atoms with Gasteiger partial charge in [0.25, 0.3) is 0 Å². The maximum atomic E-state index is 12.0. The van der Waals surface area contributed by atoms with Gasteiger partial charge in [-0.15, -0.1) is 11.8 Å². The maximum absolute atomic E-state index is 12.0. The summed E-state index contributed by atoms with van der Waals surface area (Å²) in [6, 6.07) is 5.32. The van der Waals surface area contributed by atoms with Crippen LogP contribution >= 0.6 is 11.8 Å². The van der Waals surface area contributed by atoms with Gasteiger partial charge in [0.1, 0.15) is 0 Å². The summed E-state index contributed by atoms with van der Waals surface area (Å²) < 4.78 is 10.4. The molecular formula is C14H21NO3S. The molecule has 0 aliphatic carbocycles. The van der Waals surface area contributed by atoms with Gasteiger partial charge in [-0.1, -0.05) is 13.8 Å². The zero-order valence-corrected chi connectivity index (χ0v) is 12.8. The molecule has 0 spiro atoms. The van der Waals surface area contributed by atoms with Crippen molar-refractivity contribution in [1.29, 1.82) is 0 Å². The molecule has 1 rings (SSSR count). The molecule has 0 aromatic heterocycles. The molecule has 1 amide bonds. The number of hydrogen-bond donors (Lipinski definition) is 1. The van der Waals surface area contributed by atoms with E-state index < -0.39 is 0 Å². The molecule has 0 fully saturated rings. The Hall–Kier alpha value is -1.36. The van der Waals surface area contributed by atoms with Crippen molar-refractivity contribution in [2.75, 3.05) is 19.5 Å². The number of thioether (sulfide) groups is 1. The third kappa shape index (κ3) is 4.67. The van der Waals surface area contributed by atoms with E-state index in [4.69, 9.17) is 9.47 Å². The molecule has 1 unspecified atom stereocenters. The molecule has 1 aromatic carbocycles. The summed E-state index contributed by atoms with van der Waals surface area (Å²) in [7, 11) is 3.15. The lowest BCUT2D eigenvalue weighted by molar-refractivity contribution is -0.115. The summed E-state index contributed by atoms with van der Waals surface area (Å²) in [5.41, 5.74) is 0.707. The van der Waals surface area contributed by atoms with Crippen molar-refractivity contribution in [2.24, 2.45) is 0 Å². The van der Waals surface area contributed by atoms with E-state index in [0.717, 1.165) is 0 Å². The molecule has 4 nitrogen and oxygen atoms in total. The molecule has 0 saturated carbocycles. The Kier molecular flexibility index (Phi) is 6.02. The lowest BCUT2D eigenvalue weighted by Crippen LogP contribution is -2.23. The first-order chi connectivity index (χ1) is 8.97. The highest BCUT2D eigenvalue weighted by Gasteiger charge is 2.15. The van der Waals surface area contributed by atoms with Crippen LogP contribution in [-0.2, 0) is 4.79 Å². The SMILES string of the molecule is COc1ccc(NC(=O)C(C)SC(C)C)cc1OC. The largest absolute Gasteiger partial charge is 0.493 e. The van der Waals surface area contributed by atoms with Crippen molar-refractivity contribution in [3.63, 3.8) is 0 Å². The highest BCUT2D eigenvalue weighted by atomic mass is 32.2. The molecule has 0 aliphatic heterocycles. The van der Waals surface area contributed by atoms with E-state index in [-0.39, 0.29) is 11.2 Å². The molecule has 1 N–H and O–H groups in total. The van der Waals surface area contributed by atoms with Crippen LogP contribution in [0.2, 0.25) is 0 Å². The minimum Gasteiger partial charge on any atom is -0.493 e. The number of amides is 1. The van der Waals surface area contributed by atoms with Gasteiger partial charge in [0.15, 0.2) is 11.5 Å².